The first-order valence-corrected chi connectivity index (χ1v) is 9.86. The Hall–Kier alpha value is -1.74. The number of carbonyl (C=O) groups is 2. The molecule has 2 rings (SSSR count). The van der Waals surface area contributed by atoms with Crippen LogP contribution in [0.25, 0.3) is 0 Å². The molecule has 0 atom stereocenters. The molecule has 0 spiro atoms. The number of nitrogens with zero attached hydrogens (tertiary/aromatic N) is 2. The van der Waals surface area contributed by atoms with Crippen LogP contribution in [0.4, 0.5) is 5.69 Å². The summed E-state index contributed by atoms with van der Waals surface area (Å²) in [6.45, 7) is 3.49. The van der Waals surface area contributed by atoms with Crippen LogP contribution < -0.4 is 10.6 Å². The molecule has 146 valence electrons. The minimum atomic E-state index is -0.259. The molecule has 7 nitrogen and oxygen atoms in total. The van der Waals surface area contributed by atoms with Crippen molar-refractivity contribution in [1.29, 1.82) is 0 Å². The number of imidazole rings is 1. The number of aliphatic hydroxyl groups excluding tert-OH is 1. The minimum absolute atomic E-state index is 0.00618. The summed E-state index contributed by atoms with van der Waals surface area (Å²) in [7, 11) is 0. The lowest BCUT2D eigenvalue weighted by Crippen LogP contribution is -2.33. The van der Waals surface area contributed by atoms with E-state index in [-0.39, 0.29) is 36.8 Å². The average Bonchev–Trinajstić information content (AvgIpc) is 2.97. The summed E-state index contributed by atoms with van der Waals surface area (Å²) in [6, 6.07) is 4.82. The van der Waals surface area contributed by atoms with E-state index >= 15 is 0 Å². The summed E-state index contributed by atoms with van der Waals surface area (Å²) in [5, 5.41) is 16.2. The van der Waals surface area contributed by atoms with E-state index in [1.165, 1.54) is 18.0 Å². The highest BCUT2D eigenvalue weighted by Crippen LogP contribution is 2.25. The highest BCUT2D eigenvalue weighted by molar-refractivity contribution is 7.99. The molecule has 10 heteroatoms. The summed E-state index contributed by atoms with van der Waals surface area (Å²) >= 11 is 13.0. The van der Waals surface area contributed by atoms with E-state index in [4.69, 9.17) is 23.2 Å². The van der Waals surface area contributed by atoms with Crippen LogP contribution in [0.1, 0.15) is 19.5 Å². The Labute approximate surface area is 171 Å². The van der Waals surface area contributed by atoms with Crippen LogP contribution in [-0.4, -0.2) is 38.3 Å². The van der Waals surface area contributed by atoms with Gasteiger partial charge in [-0.25, -0.2) is 4.98 Å². The van der Waals surface area contributed by atoms with E-state index in [1.54, 1.807) is 22.8 Å². The Morgan fingerprint density at radius 1 is 1.26 bits per heavy atom. The van der Waals surface area contributed by atoms with Gasteiger partial charge >= 0.3 is 0 Å². The van der Waals surface area contributed by atoms with Gasteiger partial charge in [-0.3, -0.25) is 9.59 Å². The van der Waals surface area contributed by atoms with Gasteiger partial charge in [-0.05, 0) is 32.0 Å². The molecule has 0 unspecified atom stereocenters. The molecule has 0 aliphatic carbocycles. The molecule has 0 aliphatic heterocycles. The standard InChI is InChI=1S/C17H20Cl2N4O3S/c1-10(2)21-15(25)7-23-12(8-24)6-20-17(23)27-9-16(26)22-11-3-4-13(18)14(19)5-11/h3-6,10,24H,7-9H2,1-2H3,(H,21,25)(H,22,26). The van der Waals surface area contributed by atoms with E-state index in [0.717, 1.165) is 0 Å². The fourth-order valence-electron chi connectivity index (χ4n) is 2.21. The van der Waals surface area contributed by atoms with Crippen molar-refractivity contribution in [2.45, 2.75) is 38.2 Å². The van der Waals surface area contributed by atoms with Crippen molar-refractivity contribution >= 4 is 52.5 Å². The number of halogens is 2. The third-order valence-electron chi connectivity index (χ3n) is 3.35. The lowest BCUT2D eigenvalue weighted by molar-refractivity contribution is -0.122. The SMILES string of the molecule is CC(C)NC(=O)Cn1c(CO)cnc1SCC(=O)Nc1ccc(Cl)c(Cl)c1. The van der Waals surface area contributed by atoms with Crippen LogP contribution in [0.3, 0.4) is 0 Å². The predicted molar refractivity (Wildman–Crippen MR) is 107 cm³/mol. The highest BCUT2D eigenvalue weighted by atomic mass is 35.5. The van der Waals surface area contributed by atoms with Crippen LogP contribution in [0.2, 0.25) is 10.0 Å². The topological polar surface area (TPSA) is 96.2 Å². The molecule has 1 aromatic heterocycles. The molecule has 1 aromatic carbocycles. The van der Waals surface area contributed by atoms with Crippen LogP contribution in [0, 0.1) is 0 Å². The molecule has 1 heterocycles. The molecule has 0 radical (unpaired) electrons. The summed E-state index contributed by atoms with van der Waals surface area (Å²) in [5.41, 5.74) is 1.03. The molecule has 2 aromatic rings. The second kappa shape index (κ2) is 9.98. The zero-order chi connectivity index (χ0) is 20.0. The number of aliphatic hydroxyl groups is 1. The Balaban J connectivity index is 2.00. The first-order chi connectivity index (χ1) is 12.8. The molecule has 2 amide bonds. The fourth-order valence-corrected chi connectivity index (χ4v) is 3.31. The summed E-state index contributed by atoms with van der Waals surface area (Å²) in [4.78, 5) is 28.4. The molecule has 0 saturated heterocycles. The van der Waals surface area contributed by atoms with E-state index in [2.05, 4.69) is 15.6 Å². The van der Waals surface area contributed by atoms with Crippen molar-refractivity contribution in [2.24, 2.45) is 0 Å². The monoisotopic (exact) mass is 430 g/mol. The van der Waals surface area contributed by atoms with Gasteiger partial charge in [0.1, 0.15) is 6.54 Å². The second-order valence-corrected chi connectivity index (χ2v) is 7.72. The number of amides is 2. The number of thioether (sulfide) groups is 1. The zero-order valence-corrected chi connectivity index (χ0v) is 17.2. The Morgan fingerprint density at radius 2 is 2.00 bits per heavy atom. The van der Waals surface area contributed by atoms with Crippen molar-refractivity contribution in [3.05, 3.63) is 40.1 Å². The van der Waals surface area contributed by atoms with Gasteiger partial charge in [0.05, 0.1) is 34.3 Å². The number of aromatic nitrogens is 2. The molecular weight excluding hydrogens is 411 g/mol. The largest absolute Gasteiger partial charge is 0.390 e. The van der Waals surface area contributed by atoms with Gasteiger partial charge in [-0.15, -0.1) is 0 Å². The van der Waals surface area contributed by atoms with Gasteiger partial charge in [0.2, 0.25) is 11.8 Å². The molecule has 0 aliphatic rings. The van der Waals surface area contributed by atoms with Gasteiger partial charge in [-0.1, -0.05) is 35.0 Å². The lowest BCUT2D eigenvalue weighted by Gasteiger charge is -2.13. The maximum atomic E-state index is 12.2. The van der Waals surface area contributed by atoms with Crippen LogP contribution in [0.5, 0.6) is 0 Å². The first kappa shape index (κ1) is 21.6. The normalized spacial score (nSPS) is 10.9. The number of carbonyl (C=O) groups excluding carboxylic acids is 2. The van der Waals surface area contributed by atoms with Crippen LogP contribution in [0.15, 0.2) is 29.6 Å². The van der Waals surface area contributed by atoms with E-state index < -0.39 is 0 Å². The van der Waals surface area contributed by atoms with E-state index in [0.29, 0.717) is 26.6 Å². The van der Waals surface area contributed by atoms with Crippen molar-refractivity contribution < 1.29 is 14.7 Å². The van der Waals surface area contributed by atoms with Crippen molar-refractivity contribution in [3.63, 3.8) is 0 Å². The third kappa shape index (κ3) is 6.42. The molecule has 27 heavy (non-hydrogen) atoms. The minimum Gasteiger partial charge on any atom is -0.390 e. The first-order valence-electron chi connectivity index (χ1n) is 8.12. The van der Waals surface area contributed by atoms with Crippen molar-refractivity contribution in [2.75, 3.05) is 11.1 Å². The molecule has 0 fully saturated rings. The van der Waals surface area contributed by atoms with Gasteiger partial charge in [0.25, 0.3) is 0 Å². The Bertz CT molecular complexity index is 827. The van der Waals surface area contributed by atoms with Gasteiger partial charge in [0.15, 0.2) is 5.16 Å². The number of rotatable bonds is 8. The molecule has 0 saturated carbocycles. The number of anilines is 1. The van der Waals surface area contributed by atoms with Crippen LogP contribution in [-0.2, 0) is 22.7 Å². The Kier molecular flexibility index (Phi) is 7.97. The van der Waals surface area contributed by atoms with Gasteiger partial charge in [-0.2, -0.15) is 0 Å². The summed E-state index contributed by atoms with van der Waals surface area (Å²) < 4.78 is 1.59. The van der Waals surface area contributed by atoms with Gasteiger partial charge < -0.3 is 20.3 Å². The maximum Gasteiger partial charge on any atom is 0.240 e. The number of nitrogens with one attached hydrogen (secondary N) is 2. The number of benzene rings is 1. The molecule has 3 N–H and O–H groups in total. The van der Waals surface area contributed by atoms with Crippen molar-refractivity contribution in [3.8, 4) is 0 Å². The predicted octanol–water partition coefficient (Wildman–Crippen LogP) is 2.94. The number of hydrogen-bond acceptors (Lipinski definition) is 5. The summed E-state index contributed by atoms with van der Waals surface area (Å²) in [6.07, 6.45) is 1.49. The van der Waals surface area contributed by atoms with Gasteiger partial charge in [0, 0.05) is 11.7 Å². The third-order valence-corrected chi connectivity index (χ3v) is 5.08. The lowest BCUT2D eigenvalue weighted by atomic mass is 10.3. The quantitative estimate of drug-likeness (QED) is 0.559. The maximum absolute atomic E-state index is 12.2. The fraction of sp³-hybridized carbons (Fsp3) is 0.353. The summed E-state index contributed by atoms with van der Waals surface area (Å²) in [5.74, 6) is -0.376. The van der Waals surface area contributed by atoms with Crippen LogP contribution >= 0.6 is 35.0 Å². The smallest absolute Gasteiger partial charge is 0.240 e. The van der Waals surface area contributed by atoms with E-state index in [9.17, 15) is 14.7 Å². The average molecular weight is 431 g/mol. The Morgan fingerprint density at radius 3 is 2.63 bits per heavy atom. The number of hydrogen-bond donors (Lipinski definition) is 3. The van der Waals surface area contributed by atoms with E-state index in [1.807, 2.05) is 13.8 Å². The van der Waals surface area contributed by atoms with Crippen molar-refractivity contribution in [1.82, 2.24) is 14.9 Å². The second-order valence-electron chi connectivity index (χ2n) is 5.96. The molecular formula is C17H20Cl2N4O3S. The highest BCUT2D eigenvalue weighted by Gasteiger charge is 2.15. The zero-order valence-electron chi connectivity index (χ0n) is 14.8. The molecule has 0 bridgehead atoms.